The minimum Gasteiger partial charge on any atom is -0.495 e. The standard InChI is InChI=1S/C27H29NO5S/c1-4-8-20-13-16-26(34-20)22(29)14-11-19-12-15-24(25(17-19)32-5-2)33-18-27(30)28-21-9-6-7-10-23(21)31-3/h6-7,9-17H,4-5,8,18H2,1-3H3,(H,28,30)/b14-11+. The van der Waals surface area contributed by atoms with Crippen LogP contribution in [-0.4, -0.2) is 32.0 Å². The summed E-state index contributed by atoms with van der Waals surface area (Å²) in [6, 6.07) is 16.4. The van der Waals surface area contributed by atoms with Crippen LogP contribution in [0, 0.1) is 0 Å². The van der Waals surface area contributed by atoms with Gasteiger partial charge in [0.15, 0.2) is 23.9 Å². The number of carbonyl (C=O) groups excluding carboxylic acids is 2. The number of ether oxygens (including phenoxy) is 3. The lowest BCUT2D eigenvalue weighted by atomic mass is 10.1. The Hall–Kier alpha value is -3.58. The first-order valence-corrected chi connectivity index (χ1v) is 12.0. The van der Waals surface area contributed by atoms with Gasteiger partial charge in [-0.25, -0.2) is 0 Å². The van der Waals surface area contributed by atoms with Crippen LogP contribution in [0.1, 0.15) is 40.4 Å². The van der Waals surface area contributed by atoms with Crippen LogP contribution in [-0.2, 0) is 11.2 Å². The molecule has 0 unspecified atom stereocenters. The Bertz CT molecular complexity index is 1150. The fourth-order valence-electron chi connectivity index (χ4n) is 3.24. The number of benzene rings is 2. The molecule has 3 rings (SSSR count). The van der Waals surface area contributed by atoms with Crippen LogP contribution in [0.25, 0.3) is 6.08 Å². The number of ketones is 1. The lowest BCUT2D eigenvalue weighted by Crippen LogP contribution is -2.20. The van der Waals surface area contributed by atoms with Crippen molar-refractivity contribution in [3.05, 3.63) is 76.0 Å². The van der Waals surface area contributed by atoms with Crippen molar-refractivity contribution in [2.75, 3.05) is 25.6 Å². The molecule has 0 aliphatic carbocycles. The number of hydrogen-bond acceptors (Lipinski definition) is 6. The van der Waals surface area contributed by atoms with E-state index >= 15 is 0 Å². The van der Waals surface area contributed by atoms with Crippen LogP contribution in [0.5, 0.6) is 17.2 Å². The number of hydrogen-bond donors (Lipinski definition) is 1. The smallest absolute Gasteiger partial charge is 0.262 e. The first-order valence-electron chi connectivity index (χ1n) is 11.2. The third kappa shape index (κ3) is 6.96. The maximum atomic E-state index is 12.5. The van der Waals surface area contributed by atoms with Gasteiger partial charge in [0.2, 0.25) is 0 Å². The number of para-hydroxylation sites is 2. The highest BCUT2D eigenvalue weighted by atomic mass is 32.1. The van der Waals surface area contributed by atoms with Gasteiger partial charge in [-0.3, -0.25) is 9.59 Å². The summed E-state index contributed by atoms with van der Waals surface area (Å²) in [7, 11) is 1.55. The Kier molecular flexibility index (Phi) is 9.29. The molecule has 1 heterocycles. The van der Waals surface area contributed by atoms with E-state index in [1.165, 1.54) is 16.2 Å². The number of nitrogens with one attached hydrogen (secondary N) is 1. The van der Waals surface area contributed by atoms with Gasteiger partial charge >= 0.3 is 0 Å². The van der Waals surface area contributed by atoms with Crippen molar-refractivity contribution in [1.82, 2.24) is 0 Å². The quantitative estimate of drug-likeness (QED) is 0.254. The fourth-order valence-corrected chi connectivity index (χ4v) is 4.27. The molecule has 0 saturated heterocycles. The molecular formula is C27H29NO5S. The zero-order chi connectivity index (χ0) is 24.3. The first kappa shape index (κ1) is 25.1. The number of methoxy groups -OCH3 is 1. The average Bonchev–Trinajstić information content (AvgIpc) is 3.31. The van der Waals surface area contributed by atoms with Gasteiger partial charge in [0.1, 0.15) is 5.75 Å². The number of thiophene rings is 1. The summed E-state index contributed by atoms with van der Waals surface area (Å²) in [5.41, 5.74) is 1.37. The van der Waals surface area contributed by atoms with Gasteiger partial charge in [0.05, 0.1) is 24.3 Å². The molecule has 34 heavy (non-hydrogen) atoms. The van der Waals surface area contributed by atoms with E-state index in [9.17, 15) is 9.59 Å². The number of anilines is 1. The van der Waals surface area contributed by atoms with Crippen molar-refractivity contribution in [2.45, 2.75) is 26.7 Å². The normalized spacial score (nSPS) is 10.8. The summed E-state index contributed by atoms with van der Waals surface area (Å²) < 4.78 is 16.6. The average molecular weight is 480 g/mol. The minimum absolute atomic E-state index is 0.0290. The van der Waals surface area contributed by atoms with Crippen LogP contribution in [0.4, 0.5) is 5.69 Å². The molecule has 3 aromatic rings. The second kappa shape index (κ2) is 12.6. The van der Waals surface area contributed by atoms with Crippen molar-refractivity contribution < 1.29 is 23.8 Å². The molecule has 0 bridgehead atoms. The lowest BCUT2D eigenvalue weighted by Gasteiger charge is -2.13. The minimum atomic E-state index is -0.320. The number of aryl methyl sites for hydroxylation is 1. The van der Waals surface area contributed by atoms with E-state index in [2.05, 4.69) is 12.2 Å². The van der Waals surface area contributed by atoms with Gasteiger partial charge in [0, 0.05) is 4.88 Å². The lowest BCUT2D eigenvalue weighted by molar-refractivity contribution is -0.118. The molecule has 7 heteroatoms. The van der Waals surface area contributed by atoms with Gasteiger partial charge in [-0.05, 0) is 61.4 Å². The third-order valence-electron chi connectivity index (χ3n) is 4.84. The molecule has 0 saturated carbocycles. The van der Waals surface area contributed by atoms with E-state index in [4.69, 9.17) is 14.2 Å². The van der Waals surface area contributed by atoms with Gasteiger partial charge in [-0.15, -0.1) is 11.3 Å². The van der Waals surface area contributed by atoms with Crippen LogP contribution in [0.2, 0.25) is 0 Å². The Morgan fingerprint density at radius 2 is 1.79 bits per heavy atom. The van der Waals surface area contributed by atoms with Crippen molar-refractivity contribution in [3.8, 4) is 17.2 Å². The molecule has 0 aliphatic heterocycles. The van der Waals surface area contributed by atoms with Crippen LogP contribution in [0.15, 0.2) is 60.7 Å². The SMILES string of the molecule is CCCc1ccc(C(=O)/C=C/c2ccc(OCC(=O)Nc3ccccc3OC)c(OCC)c2)s1. The Morgan fingerprint density at radius 1 is 0.971 bits per heavy atom. The van der Waals surface area contributed by atoms with E-state index in [1.54, 1.807) is 43.5 Å². The molecule has 0 spiro atoms. The molecule has 1 N–H and O–H groups in total. The number of allylic oxidation sites excluding steroid dienone is 1. The van der Waals surface area contributed by atoms with Crippen molar-refractivity contribution >= 4 is 34.8 Å². The topological polar surface area (TPSA) is 73.9 Å². The molecular weight excluding hydrogens is 450 g/mol. The van der Waals surface area contributed by atoms with Crippen molar-refractivity contribution in [2.24, 2.45) is 0 Å². The van der Waals surface area contributed by atoms with E-state index in [-0.39, 0.29) is 18.3 Å². The van der Waals surface area contributed by atoms with Crippen molar-refractivity contribution in [1.29, 1.82) is 0 Å². The number of carbonyl (C=O) groups is 2. The number of amides is 1. The largest absolute Gasteiger partial charge is 0.495 e. The summed E-state index contributed by atoms with van der Waals surface area (Å²) in [6.07, 6.45) is 5.36. The highest BCUT2D eigenvalue weighted by Gasteiger charge is 2.11. The van der Waals surface area contributed by atoms with Gasteiger partial charge in [-0.2, -0.15) is 0 Å². The van der Waals surface area contributed by atoms with Crippen molar-refractivity contribution in [3.63, 3.8) is 0 Å². The molecule has 178 valence electrons. The van der Waals surface area contributed by atoms with Gasteiger partial charge in [-0.1, -0.05) is 37.6 Å². The fraction of sp³-hybridized carbons (Fsp3) is 0.259. The second-order valence-corrected chi connectivity index (χ2v) is 8.56. The van der Waals surface area contributed by atoms with Crippen LogP contribution >= 0.6 is 11.3 Å². The molecule has 0 atom stereocenters. The number of rotatable bonds is 12. The summed E-state index contributed by atoms with van der Waals surface area (Å²) >= 11 is 1.54. The van der Waals surface area contributed by atoms with E-state index in [0.717, 1.165) is 23.3 Å². The second-order valence-electron chi connectivity index (χ2n) is 7.39. The Morgan fingerprint density at radius 3 is 2.56 bits per heavy atom. The summed E-state index contributed by atoms with van der Waals surface area (Å²) in [4.78, 5) is 26.8. The highest BCUT2D eigenvalue weighted by molar-refractivity contribution is 7.14. The monoisotopic (exact) mass is 479 g/mol. The highest BCUT2D eigenvalue weighted by Crippen LogP contribution is 2.30. The zero-order valence-corrected chi connectivity index (χ0v) is 20.4. The maximum Gasteiger partial charge on any atom is 0.262 e. The molecule has 0 fully saturated rings. The maximum absolute atomic E-state index is 12.5. The van der Waals surface area contributed by atoms with Gasteiger partial charge < -0.3 is 19.5 Å². The summed E-state index contributed by atoms with van der Waals surface area (Å²) in [5.74, 6) is 1.17. The molecule has 1 amide bonds. The summed E-state index contributed by atoms with van der Waals surface area (Å²) in [6.45, 7) is 4.24. The molecule has 6 nitrogen and oxygen atoms in total. The molecule has 2 aromatic carbocycles. The molecule has 0 radical (unpaired) electrons. The summed E-state index contributed by atoms with van der Waals surface area (Å²) in [5, 5.41) is 2.77. The van der Waals surface area contributed by atoms with Crippen LogP contribution in [0.3, 0.4) is 0 Å². The predicted octanol–water partition coefficient (Wildman–Crippen LogP) is 6.02. The Balaban J connectivity index is 1.64. The van der Waals surface area contributed by atoms with E-state index in [0.29, 0.717) is 29.5 Å². The zero-order valence-electron chi connectivity index (χ0n) is 19.6. The first-order chi connectivity index (χ1) is 16.5. The van der Waals surface area contributed by atoms with Gasteiger partial charge in [0.25, 0.3) is 5.91 Å². The van der Waals surface area contributed by atoms with E-state index in [1.807, 2.05) is 37.3 Å². The predicted molar refractivity (Wildman–Crippen MR) is 136 cm³/mol. The molecule has 1 aromatic heterocycles. The third-order valence-corrected chi connectivity index (χ3v) is 6.00. The van der Waals surface area contributed by atoms with Crippen LogP contribution < -0.4 is 19.5 Å². The van der Waals surface area contributed by atoms with E-state index < -0.39 is 0 Å². The Labute approximate surface area is 204 Å². The molecule has 0 aliphatic rings.